The van der Waals surface area contributed by atoms with Crippen molar-refractivity contribution in [3.8, 4) is 22.5 Å². The number of para-hydroxylation sites is 1. The maximum Gasteiger partial charge on any atom is 0.232 e. The molecule has 0 unspecified atom stereocenters. The third-order valence-corrected chi connectivity index (χ3v) is 6.06. The largest absolute Gasteiger partial charge is 0.307 e. The molecule has 2 heterocycles. The van der Waals surface area contributed by atoms with Crippen molar-refractivity contribution >= 4 is 11.6 Å². The molecule has 1 aliphatic heterocycles. The van der Waals surface area contributed by atoms with Crippen molar-refractivity contribution < 1.29 is 4.79 Å². The molecule has 30 heavy (non-hydrogen) atoms. The van der Waals surface area contributed by atoms with Crippen LogP contribution >= 0.6 is 0 Å². The van der Waals surface area contributed by atoms with E-state index in [-0.39, 0.29) is 11.4 Å². The summed E-state index contributed by atoms with van der Waals surface area (Å²) in [5.41, 5.74) is 5.13. The predicted octanol–water partition coefficient (Wildman–Crippen LogP) is 5.65. The fraction of sp³-hybridized carbons (Fsp3) is 0.400. The zero-order valence-corrected chi connectivity index (χ0v) is 18.7. The van der Waals surface area contributed by atoms with Crippen LogP contribution in [0.25, 0.3) is 22.5 Å². The van der Waals surface area contributed by atoms with Gasteiger partial charge in [0, 0.05) is 16.5 Å². The van der Waals surface area contributed by atoms with E-state index in [1.807, 2.05) is 53.8 Å². The number of amides is 1. The minimum atomic E-state index is -0.452. The van der Waals surface area contributed by atoms with Crippen LogP contribution in [0.4, 0.5) is 5.69 Å². The van der Waals surface area contributed by atoms with E-state index in [4.69, 9.17) is 0 Å². The summed E-state index contributed by atoms with van der Waals surface area (Å²) in [6.45, 7) is 13.0. The number of nitrogens with zero attached hydrogens (tertiary/aromatic N) is 4. The molecule has 0 atom stereocenters. The van der Waals surface area contributed by atoms with Gasteiger partial charge in [0.25, 0.3) is 0 Å². The smallest absolute Gasteiger partial charge is 0.232 e. The molecule has 156 valence electrons. The average Bonchev–Trinajstić information content (AvgIpc) is 3.15. The van der Waals surface area contributed by atoms with Crippen molar-refractivity contribution in [2.75, 3.05) is 4.90 Å². The fourth-order valence-electron chi connectivity index (χ4n) is 3.93. The third-order valence-electron chi connectivity index (χ3n) is 6.06. The second-order valence-electron chi connectivity index (χ2n) is 9.67. The van der Waals surface area contributed by atoms with Crippen molar-refractivity contribution in [3.05, 3.63) is 54.1 Å². The van der Waals surface area contributed by atoms with Gasteiger partial charge in [0.15, 0.2) is 0 Å². The molecule has 0 spiro atoms. The Kier molecular flexibility index (Phi) is 4.80. The Morgan fingerprint density at radius 2 is 1.60 bits per heavy atom. The summed E-state index contributed by atoms with van der Waals surface area (Å²) >= 11 is 0. The van der Waals surface area contributed by atoms with Crippen LogP contribution in [0.15, 0.2) is 48.5 Å². The second kappa shape index (κ2) is 7.08. The monoisotopic (exact) mass is 402 g/mol. The van der Waals surface area contributed by atoms with E-state index in [0.717, 1.165) is 40.2 Å². The van der Waals surface area contributed by atoms with Crippen molar-refractivity contribution in [1.29, 1.82) is 0 Å². The molecule has 3 aromatic rings. The molecule has 0 fully saturated rings. The lowest BCUT2D eigenvalue weighted by molar-refractivity contribution is -0.126. The Balaban J connectivity index is 2.07. The van der Waals surface area contributed by atoms with Crippen molar-refractivity contribution in [2.45, 2.75) is 60.0 Å². The lowest BCUT2D eigenvalue weighted by Crippen LogP contribution is -2.41. The minimum absolute atomic E-state index is 0.130. The Morgan fingerprint density at radius 1 is 0.967 bits per heavy atom. The van der Waals surface area contributed by atoms with Crippen LogP contribution < -0.4 is 4.90 Å². The topological polar surface area (TPSA) is 51.0 Å². The summed E-state index contributed by atoms with van der Waals surface area (Å²) in [5, 5.41) is 9.16. The van der Waals surface area contributed by atoms with Gasteiger partial charge < -0.3 is 4.90 Å². The van der Waals surface area contributed by atoms with E-state index in [1.165, 1.54) is 0 Å². The van der Waals surface area contributed by atoms with E-state index in [1.54, 1.807) is 0 Å². The van der Waals surface area contributed by atoms with Gasteiger partial charge in [-0.15, -0.1) is 5.10 Å². The molecule has 0 aliphatic carbocycles. The molecule has 5 heteroatoms. The molecule has 2 aromatic carbocycles. The summed E-state index contributed by atoms with van der Waals surface area (Å²) in [5.74, 6) is 0.130. The maximum atomic E-state index is 13.7. The number of rotatable bonds is 2. The normalized spacial score (nSPS) is 13.7. The SMILES string of the molecule is CCC(C)(C)C(=O)N1Cc2ccccc2-c2nnn(C(C)(C)C)c2-c2ccccc21. The first-order chi connectivity index (χ1) is 14.1. The van der Waals surface area contributed by atoms with E-state index in [2.05, 4.69) is 56.2 Å². The van der Waals surface area contributed by atoms with E-state index in [0.29, 0.717) is 6.54 Å². The number of anilines is 1. The average molecular weight is 403 g/mol. The molecule has 1 aromatic heterocycles. The van der Waals surface area contributed by atoms with Gasteiger partial charge in [-0.3, -0.25) is 4.79 Å². The first-order valence-electron chi connectivity index (χ1n) is 10.6. The summed E-state index contributed by atoms with van der Waals surface area (Å²) in [4.78, 5) is 15.7. The number of benzene rings is 2. The second-order valence-corrected chi connectivity index (χ2v) is 9.67. The van der Waals surface area contributed by atoms with Gasteiger partial charge in [0.1, 0.15) is 5.69 Å². The summed E-state index contributed by atoms with van der Waals surface area (Å²) in [6, 6.07) is 16.3. The van der Waals surface area contributed by atoms with Crippen LogP contribution in [0, 0.1) is 5.41 Å². The Hall–Kier alpha value is -2.95. The number of hydrogen-bond donors (Lipinski definition) is 0. The van der Waals surface area contributed by atoms with Gasteiger partial charge in [0.2, 0.25) is 5.91 Å². The highest BCUT2D eigenvalue weighted by Gasteiger charge is 2.36. The number of carbonyl (C=O) groups is 1. The zero-order chi connectivity index (χ0) is 21.7. The zero-order valence-electron chi connectivity index (χ0n) is 18.7. The fourth-order valence-corrected chi connectivity index (χ4v) is 3.93. The highest BCUT2D eigenvalue weighted by molar-refractivity contribution is 6.02. The van der Waals surface area contributed by atoms with Crippen molar-refractivity contribution in [3.63, 3.8) is 0 Å². The standard InChI is InChI=1S/C25H30N4O/c1-7-25(5,6)23(30)28-16-17-12-8-9-13-18(17)21-22(19-14-10-11-15-20(19)28)29(27-26-21)24(2,3)4/h8-15H,7,16H2,1-6H3. The molecular formula is C25H30N4O. The van der Waals surface area contributed by atoms with Crippen LogP contribution in [0.5, 0.6) is 0 Å². The van der Waals surface area contributed by atoms with E-state index < -0.39 is 5.41 Å². The molecule has 4 rings (SSSR count). The van der Waals surface area contributed by atoms with Gasteiger partial charge in [-0.1, -0.05) is 68.4 Å². The number of fused-ring (bicyclic) bond motifs is 5. The number of hydrogen-bond acceptors (Lipinski definition) is 3. The van der Waals surface area contributed by atoms with Crippen molar-refractivity contribution in [2.24, 2.45) is 5.41 Å². The molecule has 1 aliphatic rings. The van der Waals surface area contributed by atoms with Crippen LogP contribution in [-0.2, 0) is 16.9 Å². The van der Waals surface area contributed by atoms with Crippen LogP contribution in [0.3, 0.4) is 0 Å². The third kappa shape index (κ3) is 3.22. The van der Waals surface area contributed by atoms with Crippen molar-refractivity contribution in [1.82, 2.24) is 15.0 Å². The minimum Gasteiger partial charge on any atom is -0.307 e. The molecule has 0 radical (unpaired) electrons. The van der Waals surface area contributed by atoms with Gasteiger partial charge in [-0.05, 0) is 38.8 Å². The predicted molar refractivity (Wildman–Crippen MR) is 121 cm³/mol. The van der Waals surface area contributed by atoms with Gasteiger partial charge >= 0.3 is 0 Å². The summed E-state index contributed by atoms with van der Waals surface area (Å²) in [7, 11) is 0. The van der Waals surface area contributed by atoms with E-state index in [9.17, 15) is 4.79 Å². The first-order valence-corrected chi connectivity index (χ1v) is 10.6. The molecular weight excluding hydrogens is 372 g/mol. The molecule has 5 nitrogen and oxygen atoms in total. The first kappa shape index (κ1) is 20.3. The molecule has 0 N–H and O–H groups in total. The highest BCUT2D eigenvalue weighted by Crippen LogP contribution is 2.43. The quantitative estimate of drug-likeness (QED) is 0.556. The Morgan fingerprint density at radius 3 is 2.27 bits per heavy atom. The van der Waals surface area contributed by atoms with Gasteiger partial charge in [-0.25, -0.2) is 4.68 Å². The molecule has 0 saturated heterocycles. The van der Waals surface area contributed by atoms with Gasteiger partial charge in [0.05, 0.1) is 23.5 Å². The Bertz CT molecular complexity index is 1100. The van der Waals surface area contributed by atoms with Gasteiger partial charge in [-0.2, -0.15) is 0 Å². The van der Waals surface area contributed by atoms with Crippen LogP contribution in [0.2, 0.25) is 0 Å². The Labute approximate surface area is 178 Å². The number of aromatic nitrogens is 3. The van der Waals surface area contributed by atoms with Crippen LogP contribution in [-0.4, -0.2) is 20.9 Å². The van der Waals surface area contributed by atoms with Crippen LogP contribution in [0.1, 0.15) is 53.5 Å². The lowest BCUT2D eigenvalue weighted by Gasteiger charge is -2.35. The maximum absolute atomic E-state index is 13.7. The number of carbonyl (C=O) groups excluding carboxylic acids is 1. The molecule has 0 saturated carbocycles. The molecule has 0 bridgehead atoms. The summed E-state index contributed by atoms with van der Waals surface area (Å²) in [6.07, 6.45) is 0.777. The van der Waals surface area contributed by atoms with E-state index >= 15 is 0 Å². The summed E-state index contributed by atoms with van der Waals surface area (Å²) < 4.78 is 1.98. The molecule has 1 amide bonds. The highest BCUT2D eigenvalue weighted by atomic mass is 16.2. The lowest BCUT2D eigenvalue weighted by atomic mass is 9.87.